The van der Waals surface area contributed by atoms with Crippen molar-refractivity contribution in [3.05, 3.63) is 42.5 Å². The van der Waals surface area contributed by atoms with Crippen LogP contribution in [0.1, 0.15) is 6.92 Å². The minimum atomic E-state index is -0.282. The van der Waals surface area contributed by atoms with E-state index < -0.39 is 0 Å². The molecule has 0 amide bonds. The van der Waals surface area contributed by atoms with E-state index in [1.807, 2.05) is 36.6 Å². The molecule has 0 heterocycles. The zero-order chi connectivity index (χ0) is 10.7. The van der Waals surface area contributed by atoms with Gasteiger partial charge in [0, 0.05) is 11.1 Å². The van der Waals surface area contributed by atoms with Crippen LogP contribution in [-0.2, 0) is 4.79 Å². The molecule has 1 atom stereocenters. The molecule has 1 radical (unpaired) electrons. The minimum Gasteiger partial charge on any atom is -0.375 e. The Kier molecular flexibility index (Phi) is 2.68. The predicted octanol–water partition coefficient (Wildman–Crippen LogP) is 2.75. The number of anilines is 1. The van der Waals surface area contributed by atoms with E-state index in [4.69, 9.17) is 0 Å². The van der Waals surface area contributed by atoms with Crippen LogP contribution in [0.4, 0.5) is 5.69 Å². The number of fused-ring (bicyclic) bond motifs is 1. The maximum absolute atomic E-state index is 10.5. The topological polar surface area (TPSA) is 29.1 Å². The van der Waals surface area contributed by atoms with E-state index in [0.29, 0.717) is 0 Å². The van der Waals surface area contributed by atoms with Crippen LogP contribution in [0, 0.1) is 0 Å². The van der Waals surface area contributed by atoms with Gasteiger partial charge in [-0.15, -0.1) is 0 Å². The Bertz CT molecular complexity index is 473. The first-order chi connectivity index (χ1) is 7.31. The summed E-state index contributed by atoms with van der Waals surface area (Å²) < 4.78 is 0. The van der Waals surface area contributed by atoms with Crippen LogP contribution in [-0.4, -0.2) is 12.3 Å². The van der Waals surface area contributed by atoms with Crippen molar-refractivity contribution < 1.29 is 4.79 Å². The van der Waals surface area contributed by atoms with Crippen molar-refractivity contribution in [2.75, 3.05) is 5.32 Å². The second kappa shape index (κ2) is 4.13. The highest BCUT2D eigenvalue weighted by Crippen LogP contribution is 2.23. The number of benzene rings is 2. The summed E-state index contributed by atoms with van der Waals surface area (Å²) in [5, 5.41) is 5.41. The Balaban J connectivity index is 2.46. The first-order valence-corrected chi connectivity index (χ1v) is 4.93. The third-order valence-corrected chi connectivity index (χ3v) is 2.34. The van der Waals surface area contributed by atoms with E-state index in [2.05, 4.69) is 17.4 Å². The summed E-state index contributed by atoms with van der Waals surface area (Å²) in [7, 11) is 0. The van der Waals surface area contributed by atoms with E-state index in [0.717, 1.165) is 11.1 Å². The molecule has 0 spiro atoms. The van der Waals surface area contributed by atoms with Crippen LogP contribution in [0.3, 0.4) is 0 Å². The van der Waals surface area contributed by atoms with Crippen LogP contribution < -0.4 is 5.32 Å². The fraction of sp³-hybridized carbons (Fsp3) is 0.154. The molecular formula is C13H12NO. The zero-order valence-corrected chi connectivity index (χ0v) is 8.53. The Morgan fingerprint density at radius 2 is 1.87 bits per heavy atom. The molecule has 1 N–H and O–H groups in total. The first-order valence-electron chi connectivity index (χ1n) is 4.93. The lowest BCUT2D eigenvalue weighted by molar-refractivity contribution is 0.549. The largest absolute Gasteiger partial charge is 0.375 e. The van der Waals surface area contributed by atoms with Crippen LogP contribution in [0.25, 0.3) is 10.8 Å². The molecule has 0 aromatic heterocycles. The number of hydrogen-bond donors (Lipinski definition) is 1. The van der Waals surface area contributed by atoms with Crippen LogP contribution >= 0.6 is 0 Å². The van der Waals surface area contributed by atoms with E-state index in [1.165, 1.54) is 5.39 Å². The molecule has 0 saturated carbocycles. The van der Waals surface area contributed by atoms with Crippen LogP contribution in [0.2, 0.25) is 0 Å². The average Bonchev–Trinajstić information content (AvgIpc) is 2.29. The molecule has 2 rings (SSSR count). The van der Waals surface area contributed by atoms with Gasteiger partial charge in [0.25, 0.3) is 0 Å². The van der Waals surface area contributed by atoms with Gasteiger partial charge in [0.05, 0.1) is 6.04 Å². The standard InChI is InChI=1S/C13H12NO/c1-10(9-15)14-13-8-4-6-11-5-2-3-7-12(11)13/h2-8,10,14H,1H3/t10-/m1/s1. The molecular weight excluding hydrogens is 186 g/mol. The van der Waals surface area contributed by atoms with Crippen molar-refractivity contribution in [2.45, 2.75) is 13.0 Å². The van der Waals surface area contributed by atoms with E-state index in [-0.39, 0.29) is 6.04 Å². The van der Waals surface area contributed by atoms with Gasteiger partial charge in [0.15, 0.2) is 0 Å². The summed E-state index contributed by atoms with van der Waals surface area (Å²) >= 11 is 0. The number of nitrogens with one attached hydrogen (secondary N) is 1. The lowest BCUT2D eigenvalue weighted by Crippen LogP contribution is -2.16. The molecule has 2 nitrogen and oxygen atoms in total. The van der Waals surface area contributed by atoms with Gasteiger partial charge in [0.2, 0.25) is 6.29 Å². The molecule has 0 fully saturated rings. The normalized spacial score (nSPS) is 12.3. The molecule has 0 aliphatic heterocycles. The quantitative estimate of drug-likeness (QED) is 0.821. The molecule has 15 heavy (non-hydrogen) atoms. The van der Waals surface area contributed by atoms with Crippen molar-refractivity contribution in [2.24, 2.45) is 0 Å². The van der Waals surface area contributed by atoms with Crippen molar-refractivity contribution in [1.82, 2.24) is 0 Å². The Morgan fingerprint density at radius 3 is 2.67 bits per heavy atom. The SMILES string of the molecule is C[C@H]([C]=O)Nc1cccc2ccccc12. The molecule has 75 valence electrons. The van der Waals surface area contributed by atoms with E-state index in [9.17, 15) is 4.79 Å². The summed E-state index contributed by atoms with van der Waals surface area (Å²) in [6.07, 6.45) is 1.92. The molecule has 2 aromatic carbocycles. The van der Waals surface area contributed by atoms with Crippen molar-refractivity contribution in [1.29, 1.82) is 0 Å². The lowest BCUT2D eigenvalue weighted by atomic mass is 10.1. The molecule has 0 aliphatic carbocycles. The van der Waals surface area contributed by atoms with E-state index in [1.54, 1.807) is 6.92 Å². The maximum atomic E-state index is 10.5. The average molecular weight is 198 g/mol. The van der Waals surface area contributed by atoms with Gasteiger partial charge in [0.1, 0.15) is 0 Å². The van der Waals surface area contributed by atoms with Crippen LogP contribution in [0.5, 0.6) is 0 Å². The van der Waals surface area contributed by atoms with Gasteiger partial charge in [-0.1, -0.05) is 36.4 Å². The monoisotopic (exact) mass is 198 g/mol. The van der Waals surface area contributed by atoms with Crippen molar-refractivity contribution >= 4 is 22.7 Å². The highest BCUT2D eigenvalue weighted by atomic mass is 16.1. The number of hydrogen-bond acceptors (Lipinski definition) is 2. The fourth-order valence-corrected chi connectivity index (χ4v) is 1.61. The number of carbonyl (C=O) groups excluding carboxylic acids is 1. The van der Waals surface area contributed by atoms with Crippen molar-refractivity contribution in [3.63, 3.8) is 0 Å². The summed E-state index contributed by atoms with van der Waals surface area (Å²) in [4.78, 5) is 10.5. The third kappa shape index (κ3) is 1.99. The second-order valence-electron chi connectivity index (χ2n) is 3.51. The Morgan fingerprint density at radius 1 is 1.13 bits per heavy atom. The summed E-state index contributed by atoms with van der Waals surface area (Å²) in [5.74, 6) is 0. The summed E-state index contributed by atoms with van der Waals surface area (Å²) in [5.41, 5.74) is 0.976. The molecule has 0 unspecified atom stereocenters. The lowest BCUT2D eigenvalue weighted by Gasteiger charge is -2.11. The highest BCUT2D eigenvalue weighted by molar-refractivity contribution is 5.94. The molecule has 2 heteroatoms. The third-order valence-electron chi connectivity index (χ3n) is 2.34. The molecule has 0 bridgehead atoms. The second-order valence-corrected chi connectivity index (χ2v) is 3.51. The van der Waals surface area contributed by atoms with Crippen LogP contribution in [0.15, 0.2) is 42.5 Å². The summed E-state index contributed by atoms with van der Waals surface area (Å²) in [6, 6.07) is 13.8. The van der Waals surface area contributed by atoms with Gasteiger partial charge < -0.3 is 5.32 Å². The van der Waals surface area contributed by atoms with Gasteiger partial charge >= 0.3 is 0 Å². The van der Waals surface area contributed by atoms with E-state index >= 15 is 0 Å². The molecule has 0 aliphatic rings. The smallest absolute Gasteiger partial charge is 0.222 e. The van der Waals surface area contributed by atoms with Gasteiger partial charge in [-0.25, -0.2) is 0 Å². The fourth-order valence-electron chi connectivity index (χ4n) is 1.61. The van der Waals surface area contributed by atoms with Gasteiger partial charge in [-0.05, 0) is 18.4 Å². The van der Waals surface area contributed by atoms with Gasteiger partial charge in [-0.3, -0.25) is 4.79 Å². The Labute approximate surface area is 88.9 Å². The maximum Gasteiger partial charge on any atom is 0.222 e. The molecule has 2 aromatic rings. The number of rotatable bonds is 3. The van der Waals surface area contributed by atoms with Crippen molar-refractivity contribution in [3.8, 4) is 0 Å². The summed E-state index contributed by atoms with van der Waals surface area (Å²) in [6.45, 7) is 1.79. The first kappa shape index (κ1) is 9.71. The highest BCUT2D eigenvalue weighted by Gasteiger charge is 2.03. The Hall–Kier alpha value is -1.83. The minimum absolute atomic E-state index is 0.282. The predicted molar refractivity (Wildman–Crippen MR) is 62.7 cm³/mol. The zero-order valence-electron chi connectivity index (χ0n) is 8.53. The molecule has 0 saturated heterocycles. The van der Waals surface area contributed by atoms with Gasteiger partial charge in [-0.2, -0.15) is 0 Å².